The number of hydrazone groups is 1. The highest BCUT2D eigenvalue weighted by molar-refractivity contribution is 9.09. The second-order valence-corrected chi connectivity index (χ2v) is 2.46. The number of hydrogen-bond acceptors (Lipinski definition) is 4. The van der Waals surface area contributed by atoms with Crippen LogP contribution in [0.25, 0.3) is 0 Å². The number of hydrazine groups is 1. The van der Waals surface area contributed by atoms with Crippen LogP contribution in [-0.4, -0.2) is 34.9 Å². The lowest BCUT2D eigenvalue weighted by atomic mass is 10.5. The molecule has 1 unspecified atom stereocenters. The highest BCUT2D eigenvalue weighted by Crippen LogP contribution is 2.07. The Morgan fingerprint density at radius 3 is 2.78 bits per heavy atom. The van der Waals surface area contributed by atoms with Gasteiger partial charge in [0.15, 0.2) is 6.17 Å². The van der Waals surface area contributed by atoms with Crippen molar-refractivity contribution in [3.8, 4) is 0 Å². The first-order chi connectivity index (χ1) is 4.25. The lowest BCUT2D eigenvalue weighted by Crippen LogP contribution is -2.43. The van der Waals surface area contributed by atoms with E-state index < -0.39 is 0 Å². The van der Waals surface area contributed by atoms with Gasteiger partial charge in [0.05, 0.1) is 0 Å². The van der Waals surface area contributed by atoms with Crippen LogP contribution in [0.5, 0.6) is 0 Å². The van der Waals surface area contributed by atoms with Crippen molar-refractivity contribution in [3.63, 3.8) is 0 Å². The molecule has 9 heavy (non-hydrogen) atoms. The summed E-state index contributed by atoms with van der Waals surface area (Å²) in [5, 5.41) is 7.78. The van der Waals surface area contributed by atoms with Crippen molar-refractivity contribution in [1.29, 1.82) is 0 Å². The van der Waals surface area contributed by atoms with E-state index in [0.29, 0.717) is 0 Å². The molecule has 1 aliphatic heterocycles. The zero-order valence-corrected chi connectivity index (χ0v) is 6.67. The molecule has 0 saturated carbocycles. The number of hydrogen-bond donors (Lipinski definition) is 1. The summed E-state index contributed by atoms with van der Waals surface area (Å²) in [7, 11) is 1.85. The van der Waals surface area contributed by atoms with Crippen LogP contribution in [0, 0.1) is 0 Å². The second kappa shape index (κ2) is 2.47. The Morgan fingerprint density at radius 1 is 1.89 bits per heavy atom. The van der Waals surface area contributed by atoms with Crippen molar-refractivity contribution in [2.75, 3.05) is 12.4 Å². The molecular formula is C4H8BrN4+. The van der Waals surface area contributed by atoms with Crippen LogP contribution in [0.4, 0.5) is 0 Å². The molecule has 1 aliphatic rings. The molecule has 0 spiro atoms. The topological polar surface area (TPSA) is 44.9 Å². The summed E-state index contributed by atoms with van der Waals surface area (Å²) < 4.78 is 0. The van der Waals surface area contributed by atoms with E-state index in [4.69, 9.17) is 5.84 Å². The Morgan fingerprint density at radius 2 is 2.56 bits per heavy atom. The van der Waals surface area contributed by atoms with Gasteiger partial charge in [-0.3, -0.25) is 0 Å². The Bertz CT molecular complexity index is 114. The van der Waals surface area contributed by atoms with Gasteiger partial charge in [0.2, 0.25) is 0 Å². The fourth-order valence-corrected chi connectivity index (χ4v) is 1.34. The SMILES string of the molecule is CN1N=[C+]N(N)C1CBr. The standard InChI is InChI=1S/C4H8BrN4/c1-8-4(2-5)9(6)3-7-8/h4H,2,6H2,1H3/q+1. The lowest BCUT2D eigenvalue weighted by Gasteiger charge is -2.12. The van der Waals surface area contributed by atoms with Gasteiger partial charge < -0.3 is 0 Å². The Balaban J connectivity index is 2.53. The zero-order valence-electron chi connectivity index (χ0n) is 5.08. The van der Waals surface area contributed by atoms with Crippen molar-refractivity contribution in [2.45, 2.75) is 6.17 Å². The van der Waals surface area contributed by atoms with Gasteiger partial charge in [0, 0.05) is 12.4 Å². The predicted molar refractivity (Wildman–Crippen MR) is 38.8 cm³/mol. The van der Waals surface area contributed by atoms with Gasteiger partial charge in [-0.05, 0) is 0 Å². The number of nitrogens with two attached hydrogens (primary N) is 1. The third kappa shape index (κ3) is 1.13. The van der Waals surface area contributed by atoms with E-state index in [1.165, 1.54) is 5.01 Å². The Hall–Kier alpha value is -0.380. The van der Waals surface area contributed by atoms with E-state index in [2.05, 4.69) is 27.4 Å². The summed E-state index contributed by atoms with van der Waals surface area (Å²) in [4.78, 5) is 0. The summed E-state index contributed by atoms with van der Waals surface area (Å²) in [5.74, 6) is 5.44. The molecule has 0 aromatic rings. The number of rotatable bonds is 1. The van der Waals surface area contributed by atoms with E-state index in [1.54, 1.807) is 5.01 Å². The molecule has 0 aliphatic carbocycles. The van der Waals surface area contributed by atoms with Crippen molar-refractivity contribution in [1.82, 2.24) is 10.0 Å². The van der Waals surface area contributed by atoms with E-state index in [0.717, 1.165) is 5.33 Å². The first kappa shape index (κ1) is 6.74. The van der Waals surface area contributed by atoms with E-state index >= 15 is 0 Å². The van der Waals surface area contributed by atoms with E-state index in [9.17, 15) is 0 Å². The van der Waals surface area contributed by atoms with Crippen LogP contribution in [0.15, 0.2) is 5.10 Å². The highest BCUT2D eigenvalue weighted by atomic mass is 79.9. The molecule has 0 aromatic heterocycles. The largest absolute Gasteiger partial charge is 0.561 e. The normalized spacial score (nSPS) is 25.0. The average Bonchev–Trinajstić information content (AvgIpc) is 2.12. The zero-order chi connectivity index (χ0) is 6.85. The molecule has 0 fully saturated rings. The van der Waals surface area contributed by atoms with E-state index in [1.807, 2.05) is 7.05 Å². The minimum Gasteiger partial charge on any atom is -0.223 e. The molecule has 1 rings (SSSR count). The number of halogens is 1. The molecule has 4 nitrogen and oxygen atoms in total. The molecule has 0 radical (unpaired) electrons. The molecule has 0 saturated heterocycles. The summed E-state index contributed by atoms with van der Waals surface area (Å²) in [5.41, 5.74) is 0. The van der Waals surface area contributed by atoms with Crippen LogP contribution in [0.3, 0.4) is 0 Å². The summed E-state index contributed by atoms with van der Waals surface area (Å²) in [6.45, 7) is 0. The molecule has 1 atom stereocenters. The predicted octanol–water partition coefficient (Wildman–Crippen LogP) is -0.351. The smallest absolute Gasteiger partial charge is 0.223 e. The van der Waals surface area contributed by atoms with Gasteiger partial charge in [-0.25, -0.2) is 10.9 Å². The van der Waals surface area contributed by atoms with Crippen LogP contribution in [0.2, 0.25) is 0 Å². The first-order valence-corrected chi connectivity index (χ1v) is 3.67. The first-order valence-electron chi connectivity index (χ1n) is 2.54. The molecule has 1 heterocycles. The Labute approximate surface area is 62.4 Å². The van der Waals surface area contributed by atoms with Crippen molar-refractivity contribution in [3.05, 3.63) is 0 Å². The maximum Gasteiger partial charge on any atom is 0.561 e. The van der Waals surface area contributed by atoms with Crippen LogP contribution >= 0.6 is 15.9 Å². The van der Waals surface area contributed by atoms with Crippen molar-refractivity contribution in [2.24, 2.45) is 10.9 Å². The average molecular weight is 192 g/mol. The van der Waals surface area contributed by atoms with Gasteiger partial charge in [-0.2, -0.15) is 0 Å². The molecule has 5 heteroatoms. The van der Waals surface area contributed by atoms with Crippen LogP contribution < -0.4 is 5.84 Å². The maximum atomic E-state index is 5.44. The van der Waals surface area contributed by atoms with E-state index in [-0.39, 0.29) is 6.17 Å². The van der Waals surface area contributed by atoms with Crippen molar-refractivity contribution >= 4 is 22.3 Å². The maximum absolute atomic E-state index is 5.44. The van der Waals surface area contributed by atoms with Crippen LogP contribution in [-0.2, 0) is 0 Å². The summed E-state index contributed by atoms with van der Waals surface area (Å²) >= 11 is 3.29. The van der Waals surface area contributed by atoms with Gasteiger partial charge >= 0.3 is 6.34 Å². The lowest BCUT2D eigenvalue weighted by molar-refractivity contribution is 0.187. The minimum absolute atomic E-state index is 0.116. The van der Waals surface area contributed by atoms with Gasteiger partial charge in [0.25, 0.3) is 0 Å². The summed E-state index contributed by atoms with van der Waals surface area (Å²) in [6.07, 6.45) is 2.72. The molecule has 0 amide bonds. The molecule has 2 N–H and O–H groups in total. The number of nitrogens with zero attached hydrogens (tertiary/aromatic N) is 3. The minimum atomic E-state index is 0.116. The second-order valence-electron chi connectivity index (χ2n) is 1.82. The fraction of sp³-hybridized carbons (Fsp3) is 0.750. The summed E-state index contributed by atoms with van der Waals surface area (Å²) in [6, 6.07) is 0. The van der Waals surface area contributed by atoms with Crippen molar-refractivity contribution < 1.29 is 0 Å². The fourth-order valence-electron chi connectivity index (χ4n) is 0.610. The van der Waals surface area contributed by atoms with Crippen LogP contribution in [0.1, 0.15) is 0 Å². The molecule has 0 bridgehead atoms. The quantitative estimate of drug-likeness (QED) is 0.351. The highest BCUT2D eigenvalue weighted by Gasteiger charge is 2.33. The third-order valence-electron chi connectivity index (χ3n) is 1.21. The Kier molecular flexibility index (Phi) is 1.85. The molecule has 50 valence electrons. The molecular weight excluding hydrogens is 184 g/mol. The third-order valence-corrected chi connectivity index (χ3v) is 1.79. The van der Waals surface area contributed by atoms with Gasteiger partial charge in [0.1, 0.15) is 5.10 Å². The molecule has 0 aromatic carbocycles. The van der Waals surface area contributed by atoms with Gasteiger partial charge in [-0.15, -0.1) is 0 Å². The number of alkyl halides is 1. The van der Waals surface area contributed by atoms with Gasteiger partial charge in [-0.1, -0.05) is 20.9 Å². The monoisotopic (exact) mass is 191 g/mol.